The topological polar surface area (TPSA) is 94.9 Å². The van der Waals surface area contributed by atoms with Crippen molar-refractivity contribution in [3.63, 3.8) is 0 Å². The Kier molecular flexibility index (Phi) is 2.53. The highest BCUT2D eigenvalue weighted by Crippen LogP contribution is 2.33. The fourth-order valence-electron chi connectivity index (χ4n) is 1.31. The van der Waals surface area contributed by atoms with Gasteiger partial charge in [0.2, 0.25) is 5.95 Å². The van der Waals surface area contributed by atoms with E-state index in [1.165, 1.54) is 11.3 Å². The minimum Gasteiger partial charge on any atom is -0.368 e. The van der Waals surface area contributed by atoms with Gasteiger partial charge in [0.25, 0.3) is 0 Å². The molecule has 0 fully saturated rings. The molecule has 0 spiro atoms. The van der Waals surface area contributed by atoms with Crippen LogP contribution in [0, 0.1) is 17.0 Å². The van der Waals surface area contributed by atoms with Crippen molar-refractivity contribution in [1.82, 2.24) is 9.97 Å². The molecule has 2 N–H and O–H groups in total. The molecule has 2 aromatic heterocycles. The first-order chi connectivity index (χ1) is 7.59. The molecule has 0 aromatic carbocycles. The predicted molar refractivity (Wildman–Crippen MR) is 61.1 cm³/mol. The molecule has 0 atom stereocenters. The van der Waals surface area contributed by atoms with E-state index >= 15 is 0 Å². The van der Waals surface area contributed by atoms with E-state index in [1.807, 2.05) is 18.4 Å². The Morgan fingerprint density at radius 2 is 2.31 bits per heavy atom. The largest absolute Gasteiger partial charge is 0.368 e. The van der Waals surface area contributed by atoms with Crippen LogP contribution in [0.4, 0.5) is 11.6 Å². The zero-order chi connectivity index (χ0) is 11.7. The van der Waals surface area contributed by atoms with E-state index in [0.29, 0.717) is 0 Å². The summed E-state index contributed by atoms with van der Waals surface area (Å²) in [6.07, 6.45) is 1.14. The zero-order valence-electron chi connectivity index (χ0n) is 8.38. The van der Waals surface area contributed by atoms with Gasteiger partial charge >= 0.3 is 5.69 Å². The highest BCUT2D eigenvalue weighted by atomic mass is 32.1. The summed E-state index contributed by atoms with van der Waals surface area (Å²) < 4.78 is 0. The van der Waals surface area contributed by atoms with Crippen LogP contribution in [0.1, 0.15) is 5.56 Å². The van der Waals surface area contributed by atoms with Crippen LogP contribution in [0.25, 0.3) is 10.6 Å². The molecule has 0 amide bonds. The molecule has 0 aliphatic carbocycles. The van der Waals surface area contributed by atoms with Gasteiger partial charge in [-0.1, -0.05) is 0 Å². The van der Waals surface area contributed by atoms with Crippen LogP contribution in [0.5, 0.6) is 0 Å². The molecule has 0 bridgehead atoms. The lowest BCUT2D eigenvalue weighted by molar-refractivity contribution is -0.384. The molecule has 7 heteroatoms. The van der Waals surface area contributed by atoms with Crippen LogP contribution in [0.3, 0.4) is 0 Å². The highest BCUT2D eigenvalue weighted by molar-refractivity contribution is 7.13. The first-order valence-electron chi connectivity index (χ1n) is 4.41. The molecule has 82 valence electrons. The number of nitrogen functional groups attached to an aromatic ring is 1. The predicted octanol–water partition coefficient (Wildman–Crippen LogP) is 2.00. The number of nitro groups is 1. The number of nitrogens with two attached hydrogens (primary N) is 1. The molecule has 0 unspecified atom stereocenters. The molecule has 0 saturated carbocycles. The number of rotatable bonds is 2. The quantitative estimate of drug-likeness (QED) is 0.635. The summed E-state index contributed by atoms with van der Waals surface area (Å²) in [4.78, 5) is 18.6. The van der Waals surface area contributed by atoms with Gasteiger partial charge in [-0.2, -0.15) is 0 Å². The smallest absolute Gasteiger partial charge is 0.314 e. The minimum atomic E-state index is -0.506. The Morgan fingerprint density at radius 3 is 2.88 bits per heavy atom. The lowest BCUT2D eigenvalue weighted by Crippen LogP contribution is -2.00. The van der Waals surface area contributed by atoms with Crippen molar-refractivity contribution in [2.45, 2.75) is 6.92 Å². The van der Waals surface area contributed by atoms with Gasteiger partial charge in [-0.3, -0.25) is 10.1 Å². The molecular weight excluding hydrogens is 228 g/mol. The Morgan fingerprint density at radius 1 is 1.56 bits per heavy atom. The fraction of sp³-hybridized carbons (Fsp3) is 0.111. The summed E-state index contributed by atoms with van der Waals surface area (Å²) in [6, 6.07) is 1.88. The Labute approximate surface area is 94.9 Å². The average molecular weight is 236 g/mol. The number of hydrogen-bond donors (Lipinski definition) is 1. The van der Waals surface area contributed by atoms with Gasteiger partial charge in [0.05, 0.1) is 9.80 Å². The maximum Gasteiger partial charge on any atom is 0.314 e. The van der Waals surface area contributed by atoms with Crippen molar-refractivity contribution in [3.8, 4) is 10.6 Å². The van der Waals surface area contributed by atoms with Crippen molar-refractivity contribution in [3.05, 3.63) is 33.3 Å². The molecule has 0 radical (unpaired) electrons. The van der Waals surface area contributed by atoms with Crippen molar-refractivity contribution in [2.24, 2.45) is 0 Å². The molecule has 0 aliphatic rings. The Bertz CT molecular complexity index is 552. The second-order valence-electron chi connectivity index (χ2n) is 3.15. The summed E-state index contributed by atoms with van der Waals surface area (Å²) in [5.41, 5.74) is 6.54. The molecule has 16 heavy (non-hydrogen) atoms. The van der Waals surface area contributed by atoms with Gasteiger partial charge in [0.15, 0.2) is 5.69 Å². The molecule has 2 aromatic rings. The Balaban J connectivity index is 2.67. The molecule has 2 heterocycles. The van der Waals surface area contributed by atoms with Crippen molar-refractivity contribution < 1.29 is 4.92 Å². The van der Waals surface area contributed by atoms with E-state index in [0.717, 1.165) is 16.6 Å². The summed E-state index contributed by atoms with van der Waals surface area (Å²) in [5.74, 6) is 0.0356. The molecule has 2 rings (SSSR count). The monoisotopic (exact) mass is 236 g/mol. The van der Waals surface area contributed by atoms with Gasteiger partial charge in [-0.05, 0) is 23.9 Å². The number of aromatic nitrogens is 2. The third kappa shape index (κ3) is 1.72. The van der Waals surface area contributed by atoms with Crippen LogP contribution in [-0.4, -0.2) is 14.9 Å². The van der Waals surface area contributed by atoms with Gasteiger partial charge in [0, 0.05) is 0 Å². The zero-order valence-corrected chi connectivity index (χ0v) is 9.19. The SMILES string of the molecule is Cc1ccsc1-c1nc(N)ncc1[N+](=O)[O-]. The molecular formula is C9H8N4O2S. The Hall–Kier alpha value is -2.02. The van der Waals surface area contributed by atoms with Crippen molar-refractivity contribution in [2.75, 3.05) is 5.73 Å². The van der Waals surface area contributed by atoms with Crippen LogP contribution < -0.4 is 5.73 Å². The van der Waals surface area contributed by atoms with E-state index in [2.05, 4.69) is 9.97 Å². The lowest BCUT2D eigenvalue weighted by atomic mass is 10.2. The van der Waals surface area contributed by atoms with E-state index < -0.39 is 4.92 Å². The van der Waals surface area contributed by atoms with E-state index in [-0.39, 0.29) is 17.3 Å². The van der Waals surface area contributed by atoms with Crippen molar-refractivity contribution in [1.29, 1.82) is 0 Å². The second kappa shape index (κ2) is 3.86. The van der Waals surface area contributed by atoms with Crippen LogP contribution in [-0.2, 0) is 0 Å². The van der Waals surface area contributed by atoms with Crippen LogP contribution in [0.2, 0.25) is 0 Å². The average Bonchev–Trinajstić information content (AvgIpc) is 2.63. The maximum atomic E-state index is 10.8. The van der Waals surface area contributed by atoms with Crippen LogP contribution in [0.15, 0.2) is 17.6 Å². The molecule has 0 aliphatic heterocycles. The number of nitrogens with zero attached hydrogens (tertiary/aromatic N) is 3. The van der Waals surface area contributed by atoms with Gasteiger partial charge in [-0.15, -0.1) is 11.3 Å². The third-order valence-electron chi connectivity index (χ3n) is 2.06. The summed E-state index contributed by atoms with van der Waals surface area (Å²) in [7, 11) is 0. The number of anilines is 1. The van der Waals surface area contributed by atoms with E-state index in [9.17, 15) is 10.1 Å². The fourth-order valence-corrected chi connectivity index (χ4v) is 2.23. The van der Waals surface area contributed by atoms with Gasteiger partial charge < -0.3 is 5.73 Å². The van der Waals surface area contributed by atoms with Gasteiger partial charge in [-0.25, -0.2) is 9.97 Å². The molecule has 0 saturated heterocycles. The van der Waals surface area contributed by atoms with E-state index in [4.69, 9.17) is 5.73 Å². The third-order valence-corrected chi connectivity index (χ3v) is 3.09. The van der Waals surface area contributed by atoms with Gasteiger partial charge in [0.1, 0.15) is 6.20 Å². The van der Waals surface area contributed by atoms with Crippen molar-refractivity contribution >= 4 is 23.0 Å². The summed E-state index contributed by atoms with van der Waals surface area (Å²) in [6.45, 7) is 1.87. The number of aryl methyl sites for hydroxylation is 1. The standard InChI is InChI=1S/C9H8N4O2S/c1-5-2-3-16-8(5)7-6(13(14)15)4-11-9(10)12-7/h2-4H,1H3,(H2,10,11,12). The number of thiophene rings is 1. The summed E-state index contributed by atoms with van der Waals surface area (Å²) >= 11 is 1.39. The normalized spacial score (nSPS) is 10.3. The van der Waals surface area contributed by atoms with E-state index in [1.54, 1.807) is 0 Å². The second-order valence-corrected chi connectivity index (χ2v) is 4.07. The molecule has 6 nitrogen and oxygen atoms in total. The maximum absolute atomic E-state index is 10.8. The first-order valence-corrected chi connectivity index (χ1v) is 5.29. The minimum absolute atomic E-state index is 0.0356. The first kappa shape index (κ1) is 10.5. The van der Waals surface area contributed by atoms with Crippen LogP contribution >= 0.6 is 11.3 Å². The highest BCUT2D eigenvalue weighted by Gasteiger charge is 2.20. The lowest BCUT2D eigenvalue weighted by Gasteiger charge is -2.01. The number of hydrogen-bond acceptors (Lipinski definition) is 6. The summed E-state index contributed by atoms with van der Waals surface area (Å²) in [5, 5.41) is 12.7.